The number of fused-ring (bicyclic) bond motifs is 2. The Hall–Kier alpha value is 0.230. The number of carbonyl (C=O) groups excluding carboxylic acids is 1. The van der Waals surface area contributed by atoms with Crippen molar-refractivity contribution >= 4 is 22.4 Å². The van der Waals surface area contributed by atoms with Crippen LogP contribution >= 0.6 is 16.1 Å². The first kappa shape index (κ1) is 15.6. The van der Waals surface area contributed by atoms with Crippen molar-refractivity contribution in [2.45, 2.75) is 63.4 Å². The van der Waals surface area contributed by atoms with Crippen LogP contribution in [-0.2, 0) is 4.79 Å². The van der Waals surface area contributed by atoms with Crippen LogP contribution in [0.3, 0.4) is 0 Å². The normalized spacial score (nSPS) is 33.4. The fraction of sp³-hybridized carbons (Fsp3) is 0.800. The molecular weight excluding hydrogens is 274 g/mol. The number of hydrogen-bond acceptors (Lipinski definition) is 2. The first-order valence-corrected chi connectivity index (χ1v) is 11.1. The molecule has 0 heterocycles. The molecule has 0 radical (unpaired) electrons. The molecule has 2 nitrogen and oxygen atoms in total. The van der Waals surface area contributed by atoms with Gasteiger partial charge in [0, 0.05) is 12.8 Å². The predicted octanol–water partition coefficient (Wildman–Crippen LogP) is 4.35. The second-order valence-electron chi connectivity index (χ2n) is 6.37. The third-order valence-electron chi connectivity index (χ3n) is 5.12. The van der Waals surface area contributed by atoms with Gasteiger partial charge < -0.3 is 4.79 Å². The summed E-state index contributed by atoms with van der Waals surface area (Å²) in [4.78, 5) is 21.5. The third-order valence-corrected chi connectivity index (χ3v) is 10.8. The van der Waals surface area contributed by atoms with Crippen LogP contribution in [0.2, 0.25) is 0 Å². The zero-order valence-electron chi connectivity index (χ0n) is 12.0. The van der Waals surface area contributed by atoms with Crippen molar-refractivity contribution in [2.75, 3.05) is 6.16 Å². The van der Waals surface area contributed by atoms with Crippen LogP contribution in [0.4, 0.5) is 0 Å². The highest BCUT2D eigenvalue weighted by Crippen LogP contribution is 2.78. The van der Waals surface area contributed by atoms with Gasteiger partial charge >= 0.3 is 0 Å². The molecule has 2 aliphatic carbocycles. The number of carbonyl (C=O) groups is 1. The highest BCUT2D eigenvalue weighted by molar-refractivity contribution is 8.22. The lowest BCUT2D eigenvalue weighted by Crippen LogP contribution is -2.38. The van der Waals surface area contributed by atoms with Crippen molar-refractivity contribution in [1.82, 2.24) is 0 Å². The number of allylic oxidation sites excluding steroid dienone is 2. The number of unbranched alkanes of at least 4 members (excludes halogenated alkanes) is 2. The number of hydrogen-bond donors (Lipinski definition) is 1. The molecule has 4 atom stereocenters. The molecule has 0 aromatic heterocycles. The smallest absolute Gasteiger partial charge is 0.160 e. The van der Waals surface area contributed by atoms with Gasteiger partial charge in [0.05, 0.1) is 15.1 Å². The van der Waals surface area contributed by atoms with Crippen molar-refractivity contribution in [3.05, 3.63) is 11.6 Å². The van der Waals surface area contributed by atoms with E-state index in [2.05, 4.69) is 21.9 Å². The van der Waals surface area contributed by atoms with Gasteiger partial charge in [-0.3, -0.25) is 0 Å². The van der Waals surface area contributed by atoms with E-state index in [9.17, 15) is 9.69 Å². The minimum Gasteiger partial charge on any atom is -0.303 e. The van der Waals surface area contributed by atoms with E-state index < -0.39 is 7.18 Å². The first-order valence-electron chi connectivity index (χ1n) is 7.53. The molecule has 2 rings (SSSR count). The Kier molecular flexibility index (Phi) is 5.21. The molecule has 0 aromatic carbocycles. The highest BCUT2D eigenvalue weighted by atomic mass is 32.1. The Morgan fingerprint density at radius 1 is 1.53 bits per heavy atom. The van der Waals surface area contributed by atoms with Gasteiger partial charge in [0.1, 0.15) is 11.4 Å². The molecule has 2 bridgehead atoms. The maximum Gasteiger partial charge on any atom is 0.160 e. The molecule has 1 fully saturated rings. The molecule has 108 valence electrons. The third kappa shape index (κ3) is 3.29. The topological polar surface area (TPSA) is 37.3 Å². The van der Waals surface area contributed by atoms with Gasteiger partial charge in [-0.15, -0.1) is 0 Å². The number of aldehydes is 1. The van der Waals surface area contributed by atoms with Crippen LogP contribution < -0.4 is 0 Å². The minimum absolute atomic E-state index is 0.176. The molecular formula is C15H27O2P2+. The molecule has 2 aliphatic rings. The minimum atomic E-state index is -1.94. The van der Waals surface area contributed by atoms with Crippen LogP contribution in [0, 0.1) is 5.92 Å². The van der Waals surface area contributed by atoms with E-state index in [4.69, 9.17) is 0 Å². The lowest BCUT2D eigenvalue weighted by atomic mass is 9.73. The monoisotopic (exact) mass is 301 g/mol. The largest absolute Gasteiger partial charge is 0.303 e. The second-order valence-corrected chi connectivity index (χ2v) is 12.0. The van der Waals surface area contributed by atoms with E-state index in [0.717, 1.165) is 44.6 Å². The Bertz CT molecular complexity index is 365. The maximum atomic E-state index is 11.1. The summed E-state index contributed by atoms with van der Waals surface area (Å²) in [6, 6.07) is 0. The van der Waals surface area contributed by atoms with Crippen LogP contribution in [0.15, 0.2) is 11.6 Å². The van der Waals surface area contributed by atoms with E-state index in [-0.39, 0.29) is 5.16 Å². The summed E-state index contributed by atoms with van der Waals surface area (Å²) in [5.74, 6) is 0.716. The summed E-state index contributed by atoms with van der Waals surface area (Å²) in [5.41, 5.74) is 1.59. The molecule has 0 spiro atoms. The fourth-order valence-corrected chi connectivity index (χ4v) is 7.93. The van der Waals surface area contributed by atoms with Gasteiger partial charge in [-0.05, 0) is 44.4 Å². The summed E-state index contributed by atoms with van der Waals surface area (Å²) in [5, 5.41) is 0.176. The average molecular weight is 301 g/mol. The van der Waals surface area contributed by atoms with Crippen molar-refractivity contribution < 1.29 is 9.69 Å². The average Bonchev–Trinajstić information content (AvgIpc) is 2.40. The van der Waals surface area contributed by atoms with Crippen LogP contribution in [0.1, 0.15) is 58.3 Å². The molecule has 0 aliphatic heterocycles. The Morgan fingerprint density at radius 3 is 3.05 bits per heavy atom. The summed E-state index contributed by atoms with van der Waals surface area (Å²) in [6.07, 6.45) is 12.7. The SMILES string of the molecule is CC1CCC2([P+](O)(P)CCCCC=O)CCC=C1C2. The second kappa shape index (κ2) is 6.33. The summed E-state index contributed by atoms with van der Waals surface area (Å²) >= 11 is 0. The zero-order chi connectivity index (χ0) is 13.9. The standard InChI is InChI=1S/C15H27O2P2/c1-13-7-9-15(8-5-6-14(13)12-15)19(17,18)11-4-2-3-10-16/h6,10,13,17H,2-5,7-9,11-12,18H2,1H3/q+1. The Morgan fingerprint density at radius 2 is 2.32 bits per heavy atom. The lowest BCUT2D eigenvalue weighted by Gasteiger charge is -2.46. The zero-order valence-corrected chi connectivity index (χ0v) is 14.0. The van der Waals surface area contributed by atoms with E-state index in [0.29, 0.717) is 12.3 Å². The van der Waals surface area contributed by atoms with Gasteiger partial charge in [0.2, 0.25) is 0 Å². The van der Waals surface area contributed by atoms with Crippen LogP contribution in [0.25, 0.3) is 0 Å². The summed E-state index contributed by atoms with van der Waals surface area (Å²) < 4.78 is 0. The molecule has 4 heteroatoms. The van der Waals surface area contributed by atoms with Crippen molar-refractivity contribution in [3.63, 3.8) is 0 Å². The van der Waals surface area contributed by atoms with Gasteiger partial charge in [-0.1, -0.05) is 18.6 Å². The van der Waals surface area contributed by atoms with Crippen LogP contribution in [-0.4, -0.2) is 22.5 Å². The van der Waals surface area contributed by atoms with Gasteiger partial charge in [0.25, 0.3) is 0 Å². The van der Waals surface area contributed by atoms with Crippen molar-refractivity contribution in [2.24, 2.45) is 5.92 Å². The molecule has 0 amide bonds. The predicted molar refractivity (Wildman–Crippen MR) is 86.7 cm³/mol. The molecule has 1 saturated carbocycles. The van der Waals surface area contributed by atoms with Gasteiger partial charge in [-0.25, -0.2) is 4.89 Å². The summed E-state index contributed by atoms with van der Waals surface area (Å²) in [6.45, 7) is 2.32. The van der Waals surface area contributed by atoms with E-state index >= 15 is 0 Å². The quantitative estimate of drug-likeness (QED) is 0.343. The lowest BCUT2D eigenvalue weighted by molar-refractivity contribution is -0.107. The molecule has 4 unspecified atom stereocenters. The van der Waals surface area contributed by atoms with Gasteiger partial charge in [-0.2, -0.15) is 0 Å². The van der Waals surface area contributed by atoms with Crippen molar-refractivity contribution in [3.8, 4) is 0 Å². The summed E-state index contributed by atoms with van der Waals surface area (Å²) in [7, 11) is 0.915. The molecule has 0 aromatic rings. The number of rotatable bonds is 6. The Balaban J connectivity index is 2.02. The van der Waals surface area contributed by atoms with Crippen molar-refractivity contribution in [1.29, 1.82) is 0 Å². The molecule has 19 heavy (non-hydrogen) atoms. The molecule has 0 saturated heterocycles. The Labute approximate surface area is 119 Å². The van der Waals surface area contributed by atoms with E-state index in [1.165, 1.54) is 12.8 Å². The van der Waals surface area contributed by atoms with E-state index in [1.807, 2.05) is 0 Å². The van der Waals surface area contributed by atoms with Gasteiger partial charge in [0.15, 0.2) is 7.18 Å². The highest BCUT2D eigenvalue weighted by Gasteiger charge is 2.56. The first-order chi connectivity index (χ1) is 9.01. The van der Waals surface area contributed by atoms with Crippen LogP contribution in [0.5, 0.6) is 0 Å². The molecule has 1 N–H and O–H groups in total. The maximum absolute atomic E-state index is 11.1. The fourth-order valence-electron chi connectivity index (χ4n) is 3.67. The van der Waals surface area contributed by atoms with E-state index in [1.54, 1.807) is 5.57 Å².